The van der Waals surface area contributed by atoms with Crippen LogP contribution in [-0.2, 0) is 16.8 Å². The first kappa shape index (κ1) is 15.4. The van der Waals surface area contributed by atoms with E-state index in [1.807, 2.05) is 45.9 Å². The fourth-order valence-electron chi connectivity index (χ4n) is 2.63. The third kappa shape index (κ3) is 2.86. The highest BCUT2D eigenvalue weighted by atomic mass is 16.2. The number of fused-ring (bicyclic) bond motifs is 1. The van der Waals surface area contributed by atoms with Crippen molar-refractivity contribution in [1.82, 2.24) is 10.6 Å². The van der Waals surface area contributed by atoms with E-state index in [-0.39, 0.29) is 18.0 Å². The summed E-state index contributed by atoms with van der Waals surface area (Å²) in [6.07, 6.45) is 0. The predicted octanol–water partition coefficient (Wildman–Crippen LogP) is 2.15. The second kappa shape index (κ2) is 5.39. The molecule has 0 unspecified atom stereocenters. The Hall–Kier alpha value is -2.04. The number of anilines is 1. The van der Waals surface area contributed by atoms with Crippen molar-refractivity contribution in [3.8, 4) is 0 Å². The van der Waals surface area contributed by atoms with E-state index < -0.39 is 5.41 Å². The summed E-state index contributed by atoms with van der Waals surface area (Å²) in [4.78, 5) is 25.5. The summed E-state index contributed by atoms with van der Waals surface area (Å²) in [5, 5.41) is 5.61. The van der Waals surface area contributed by atoms with Gasteiger partial charge in [0.1, 0.15) is 0 Å². The number of hydrogen-bond donors (Lipinski definition) is 2. The number of likely N-dealkylation sites (N-methyl/N-ethyl adjacent to an activating group) is 1. The third-order valence-corrected chi connectivity index (χ3v) is 3.81. The first-order chi connectivity index (χ1) is 9.73. The van der Waals surface area contributed by atoms with Crippen LogP contribution in [0.3, 0.4) is 0 Å². The van der Waals surface area contributed by atoms with E-state index in [2.05, 4.69) is 10.6 Å². The van der Waals surface area contributed by atoms with Gasteiger partial charge in [0.25, 0.3) is 0 Å². The first-order valence-electron chi connectivity index (χ1n) is 7.19. The molecule has 3 amide bonds. The number of nitrogens with one attached hydrogen (secondary N) is 2. The second-order valence-corrected chi connectivity index (χ2v) is 6.32. The topological polar surface area (TPSA) is 61.4 Å². The van der Waals surface area contributed by atoms with Crippen molar-refractivity contribution in [3.63, 3.8) is 0 Å². The van der Waals surface area contributed by atoms with Gasteiger partial charge in [-0.15, -0.1) is 0 Å². The lowest BCUT2D eigenvalue weighted by Crippen LogP contribution is -2.39. The van der Waals surface area contributed by atoms with Crippen molar-refractivity contribution in [3.05, 3.63) is 29.3 Å². The van der Waals surface area contributed by atoms with E-state index >= 15 is 0 Å². The van der Waals surface area contributed by atoms with Crippen LogP contribution in [0.1, 0.15) is 38.8 Å². The van der Waals surface area contributed by atoms with Gasteiger partial charge in [0.15, 0.2) is 0 Å². The van der Waals surface area contributed by atoms with Gasteiger partial charge in [-0.1, -0.05) is 12.1 Å². The Balaban J connectivity index is 2.14. The summed E-state index contributed by atoms with van der Waals surface area (Å²) in [5.41, 5.74) is 2.43. The van der Waals surface area contributed by atoms with E-state index in [9.17, 15) is 9.59 Å². The maximum Gasteiger partial charge on any atom is 0.315 e. The van der Waals surface area contributed by atoms with Crippen LogP contribution in [0, 0.1) is 0 Å². The number of rotatable bonds is 3. The highest BCUT2D eigenvalue weighted by Gasteiger charge is 2.42. The van der Waals surface area contributed by atoms with Crippen molar-refractivity contribution >= 4 is 17.6 Å². The van der Waals surface area contributed by atoms with Crippen LogP contribution in [-0.4, -0.2) is 25.0 Å². The molecule has 0 aliphatic carbocycles. The molecular weight excluding hydrogens is 266 g/mol. The molecule has 21 heavy (non-hydrogen) atoms. The Bertz CT molecular complexity index is 579. The molecule has 0 bridgehead atoms. The quantitative estimate of drug-likeness (QED) is 0.895. The molecule has 0 atom stereocenters. The molecule has 0 fully saturated rings. The molecule has 2 rings (SSSR count). The average molecular weight is 289 g/mol. The summed E-state index contributed by atoms with van der Waals surface area (Å²) in [7, 11) is 1.80. The molecular formula is C16H23N3O2. The number of carbonyl (C=O) groups is 2. The molecule has 1 aliphatic heterocycles. The van der Waals surface area contributed by atoms with Gasteiger partial charge < -0.3 is 15.5 Å². The maximum absolute atomic E-state index is 12.2. The van der Waals surface area contributed by atoms with Gasteiger partial charge in [-0.3, -0.25) is 4.79 Å². The Morgan fingerprint density at radius 1 is 1.33 bits per heavy atom. The van der Waals surface area contributed by atoms with Gasteiger partial charge in [-0.2, -0.15) is 0 Å². The van der Waals surface area contributed by atoms with E-state index in [0.717, 1.165) is 16.8 Å². The largest absolute Gasteiger partial charge is 0.336 e. The van der Waals surface area contributed by atoms with Crippen molar-refractivity contribution in [2.75, 3.05) is 11.9 Å². The molecule has 2 N–H and O–H groups in total. The zero-order valence-electron chi connectivity index (χ0n) is 13.3. The molecule has 0 saturated carbocycles. The molecule has 5 nitrogen and oxygen atoms in total. The van der Waals surface area contributed by atoms with Gasteiger partial charge in [0.05, 0.1) is 5.41 Å². The summed E-state index contributed by atoms with van der Waals surface area (Å²) in [6.45, 7) is 8.14. The van der Waals surface area contributed by atoms with Gasteiger partial charge in [-0.05, 0) is 44.9 Å². The minimum atomic E-state index is -0.514. The number of nitrogens with zero attached hydrogens (tertiary/aromatic N) is 1. The van der Waals surface area contributed by atoms with Gasteiger partial charge in [0.2, 0.25) is 5.91 Å². The third-order valence-electron chi connectivity index (χ3n) is 3.81. The standard InChI is InChI=1S/C16H23N3O2/c1-10(2)18-15(21)17-9-11-6-7-13-12(8-11)16(3,4)14(20)19(13)5/h6-8,10H,9H2,1-5H3,(H2,17,18,21). The number of benzene rings is 1. The zero-order valence-corrected chi connectivity index (χ0v) is 13.3. The minimum Gasteiger partial charge on any atom is -0.336 e. The summed E-state index contributed by atoms with van der Waals surface area (Å²) in [6, 6.07) is 5.82. The summed E-state index contributed by atoms with van der Waals surface area (Å²) < 4.78 is 0. The summed E-state index contributed by atoms with van der Waals surface area (Å²) in [5.74, 6) is 0.0974. The Labute approximate surface area is 125 Å². The molecule has 0 aromatic heterocycles. The van der Waals surface area contributed by atoms with Gasteiger partial charge >= 0.3 is 6.03 Å². The monoisotopic (exact) mass is 289 g/mol. The van der Waals surface area contributed by atoms with Gasteiger partial charge in [0, 0.05) is 25.3 Å². The van der Waals surface area contributed by atoms with Crippen LogP contribution in [0.2, 0.25) is 0 Å². The average Bonchev–Trinajstić information content (AvgIpc) is 2.57. The van der Waals surface area contributed by atoms with Gasteiger partial charge in [-0.25, -0.2) is 4.79 Å². The first-order valence-corrected chi connectivity index (χ1v) is 7.19. The molecule has 1 aliphatic rings. The highest BCUT2D eigenvalue weighted by molar-refractivity contribution is 6.07. The second-order valence-electron chi connectivity index (χ2n) is 6.32. The fourth-order valence-corrected chi connectivity index (χ4v) is 2.63. The minimum absolute atomic E-state index is 0.0974. The molecule has 1 aromatic carbocycles. The Morgan fingerprint density at radius 2 is 2.00 bits per heavy atom. The number of urea groups is 1. The smallest absolute Gasteiger partial charge is 0.315 e. The lowest BCUT2D eigenvalue weighted by Gasteiger charge is -2.17. The molecule has 0 radical (unpaired) electrons. The number of carbonyl (C=O) groups excluding carboxylic acids is 2. The van der Waals surface area contributed by atoms with E-state index in [1.165, 1.54) is 0 Å². The van der Waals surface area contributed by atoms with E-state index in [4.69, 9.17) is 0 Å². The van der Waals surface area contributed by atoms with Crippen LogP contribution in [0.4, 0.5) is 10.5 Å². The van der Waals surface area contributed by atoms with Crippen molar-refractivity contribution in [2.24, 2.45) is 0 Å². The van der Waals surface area contributed by atoms with Crippen LogP contribution < -0.4 is 15.5 Å². The summed E-state index contributed by atoms with van der Waals surface area (Å²) >= 11 is 0. The molecule has 5 heteroatoms. The maximum atomic E-state index is 12.2. The normalized spacial score (nSPS) is 16.1. The fraction of sp³-hybridized carbons (Fsp3) is 0.500. The lowest BCUT2D eigenvalue weighted by molar-refractivity contribution is -0.121. The lowest BCUT2D eigenvalue weighted by atomic mass is 9.85. The molecule has 1 heterocycles. The van der Waals surface area contributed by atoms with Crippen LogP contribution in [0.5, 0.6) is 0 Å². The van der Waals surface area contributed by atoms with Crippen LogP contribution in [0.25, 0.3) is 0 Å². The van der Waals surface area contributed by atoms with Crippen LogP contribution >= 0.6 is 0 Å². The highest BCUT2D eigenvalue weighted by Crippen LogP contribution is 2.40. The molecule has 114 valence electrons. The van der Waals surface area contributed by atoms with E-state index in [1.54, 1.807) is 11.9 Å². The van der Waals surface area contributed by atoms with Crippen molar-refractivity contribution in [1.29, 1.82) is 0 Å². The SMILES string of the molecule is CC(C)NC(=O)NCc1ccc2c(c1)C(C)(C)C(=O)N2C. The zero-order chi connectivity index (χ0) is 15.8. The van der Waals surface area contributed by atoms with Crippen molar-refractivity contribution in [2.45, 2.75) is 45.7 Å². The Kier molecular flexibility index (Phi) is 3.94. The number of amides is 3. The number of hydrogen-bond acceptors (Lipinski definition) is 2. The molecule has 1 aromatic rings. The molecule has 0 saturated heterocycles. The van der Waals surface area contributed by atoms with Crippen LogP contribution in [0.15, 0.2) is 18.2 Å². The van der Waals surface area contributed by atoms with Crippen molar-refractivity contribution < 1.29 is 9.59 Å². The predicted molar refractivity (Wildman–Crippen MR) is 83.4 cm³/mol. The Morgan fingerprint density at radius 3 is 2.62 bits per heavy atom. The molecule has 0 spiro atoms. The van der Waals surface area contributed by atoms with E-state index in [0.29, 0.717) is 6.54 Å².